The fourth-order valence-corrected chi connectivity index (χ4v) is 10.8. The van der Waals surface area contributed by atoms with Gasteiger partial charge in [-0.05, 0) is 116 Å². The molecule has 0 fully saturated rings. The quantitative estimate of drug-likeness (QED) is 0.181. The third-order valence-electron chi connectivity index (χ3n) is 12.3. The molecule has 5 nitrogen and oxygen atoms in total. The molecule has 1 N–H and O–H groups in total. The molecule has 2 aliphatic heterocycles. The lowest BCUT2D eigenvalue weighted by Gasteiger charge is -2.40. The Labute approximate surface area is 364 Å². The molecule has 1 unspecified atom stereocenters. The summed E-state index contributed by atoms with van der Waals surface area (Å²) in [5.74, 6) is 0. The van der Waals surface area contributed by atoms with Crippen LogP contribution in [0.2, 0.25) is 0 Å². The number of pyridine rings is 3. The number of benzene rings is 6. The SMILES string of the molecule is C1=C(c2ccccc2)NC(c2ccc3c(c2)Sc2cc(-c4cc(-c5ccccn5)nc(-c5ccccn5)c4)ccc2C32c3ccccc3-c3ccccc32)N=C1c1ccccc1. The molecule has 1 atom stereocenters. The van der Waals surface area contributed by atoms with Crippen LogP contribution in [-0.2, 0) is 5.41 Å². The first-order chi connectivity index (χ1) is 30.7. The first-order valence-electron chi connectivity index (χ1n) is 20.9. The Morgan fingerprint density at radius 2 is 1.00 bits per heavy atom. The van der Waals surface area contributed by atoms with E-state index < -0.39 is 5.41 Å². The summed E-state index contributed by atoms with van der Waals surface area (Å²) in [6, 6.07) is 69.2. The maximum Gasteiger partial charge on any atom is 0.145 e. The number of nitrogens with one attached hydrogen (secondary N) is 1. The van der Waals surface area contributed by atoms with Crippen LogP contribution in [0.4, 0.5) is 0 Å². The maximum absolute atomic E-state index is 5.38. The van der Waals surface area contributed by atoms with Gasteiger partial charge >= 0.3 is 0 Å². The van der Waals surface area contributed by atoms with E-state index in [1.807, 2.05) is 60.6 Å². The smallest absolute Gasteiger partial charge is 0.145 e. The first-order valence-corrected chi connectivity index (χ1v) is 21.7. The minimum Gasteiger partial charge on any atom is -0.360 e. The van der Waals surface area contributed by atoms with Gasteiger partial charge in [-0.15, -0.1) is 0 Å². The second kappa shape index (κ2) is 14.8. The van der Waals surface area contributed by atoms with Crippen LogP contribution in [0.15, 0.2) is 227 Å². The summed E-state index contributed by atoms with van der Waals surface area (Å²) in [5, 5.41) is 3.82. The number of rotatable bonds is 6. The molecular formula is C56H37N5S. The minimum absolute atomic E-state index is 0.296. The van der Waals surface area contributed by atoms with Crippen molar-refractivity contribution >= 4 is 23.2 Å². The average Bonchev–Trinajstić information content (AvgIpc) is 3.65. The highest BCUT2D eigenvalue weighted by Gasteiger charge is 2.50. The highest BCUT2D eigenvalue weighted by molar-refractivity contribution is 7.99. The van der Waals surface area contributed by atoms with Crippen LogP contribution >= 0.6 is 11.8 Å². The van der Waals surface area contributed by atoms with E-state index in [0.717, 1.165) is 62.0 Å². The van der Waals surface area contributed by atoms with Crippen LogP contribution in [0.1, 0.15) is 45.1 Å². The number of aliphatic imine (C=N–C) groups is 1. The Kier molecular flexibility index (Phi) is 8.64. The van der Waals surface area contributed by atoms with Crippen molar-refractivity contribution in [1.29, 1.82) is 0 Å². The molecule has 292 valence electrons. The van der Waals surface area contributed by atoms with Gasteiger partial charge in [-0.2, -0.15) is 0 Å². The summed E-state index contributed by atoms with van der Waals surface area (Å²) in [7, 11) is 0. The van der Waals surface area contributed by atoms with Gasteiger partial charge in [0.15, 0.2) is 0 Å². The molecule has 0 radical (unpaired) electrons. The van der Waals surface area contributed by atoms with Crippen molar-refractivity contribution in [3.63, 3.8) is 0 Å². The van der Waals surface area contributed by atoms with E-state index in [0.29, 0.717) is 0 Å². The maximum atomic E-state index is 5.38. The third-order valence-corrected chi connectivity index (χ3v) is 13.4. The van der Waals surface area contributed by atoms with Crippen LogP contribution in [0.3, 0.4) is 0 Å². The van der Waals surface area contributed by atoms with E-state index in [9.17, 15) is 0 Å². The van der Waals surface area contributed by atoms with E-state index in [4.69, 9.17) is 19.9 Å². The summed E-state index contributed by atoms with van der Waals surface area (Å²) >= 11 is 1.84. The van der Waals surface area contributed by atoms with Crippen molar-refractivity contribution in [2.24, 2.45) is 4.99 Å². The van der Waals surface area contributed by atoms with Crippen LogP contribution in [0, 0.1) is 0 Å². The van der Waals surface area contributed by atoms with Gasteiger partial charge in [0.2, 0.25) is 0 Å². The molecular weight excluding hydrogens is 775 g/mol. The highest BCUT2D eigenvalue weighted by atomic mass is 32.2. The fraction of sp³-hybridized carbons (Fsp3) is 0.0357. The second-order valence-corrected chi connectivity index (χ2v) is 16.9. The normalized spacial score (nSPS) is 15.3. The van der Waals surface area contributed by atoms with Crippen LogP contribution in [0.25, 0.3) is 50.7 Å². The Morgan fingerprint density at radius 1 is 0.435 bits per heavy atom. The van der Waals surface area contributed by atoms with Gasteiger partial charge < -0.3 is 5.32 Å². The molecule has 0 saturated heterocycles. The van der Waals surface area contributed by atoms with Gasteiger partial charge in [-0.25, -0.2) is 4.98 Å². The molecule has 62 heavy (non-hydrogen) atoms. The zero-order valence-electron chi connectivity index (χ0n) is 33.5. The predicted octanol–water partition coefficient (Wildman–Crippen LogP) is 12.8. The molecule has 1 spiro atoms. The zero-order chi connectivity index (χ0) is 41.0. The molecule has 6 heteroatoms. The Hall–Kier alpha value is -7.67. The summed E-state index contributed by atoms with van der Waals surface area (Å²) in [6.07, 6.45) is 5.51. The lowest BCUT2D eigenvalue weighted by Crippen LogP contribution is -2.32. The van der Waals surface area contributed by atoms with Crippen molar-refractivity contribution in [1.82, 2.24) is 20.3 Å². The van der Waals surface area contributed by atoms with Crippen molar-refractivity contribution in [2.45, 2.75) is 21.4 Å². The number of hydrogen-bond donors (Lipinski definition) is 1. The van der Waals surface area contributed by atoms with E-state index in [-0.39, 0.29) is 6.17 Å². The topological polar surface area (TPSA) is 63.1 Å². The molecule has 12 rings (SSSR count). The van der Waals surface area contributed by atoms with Crippen molar-refractivity contribution in [2.75, 3.05) is 0 Å². The molecule has 3 aromatic heterocycles. The monoisotopic (exact) mass is 811 g/mol. The molecule has 9 aromatic rings. The van der Waals surface area contributed by atoms with Crippen molar-refractivity contribution in [3.05, 3.63) is 252 Å². The first kappa shape index (κ1) is 36.2. The number of aromatic nitrogens is 3. The average molecular weight is 812 g/mol. The van der Waals surface area contributed by atoms with Gasteiger partial charge in [0.25, 0.3) is 0 Å². The van der Waals surface area contributed by atoms with E-state index in [1.54, 1.807) is 0 Å². The fourth-order valence-electron chi connectivity index (χ4n) is 9.51. The summed E-state index contributed by atoms with van der Waals surface area (Å²) in [5.41, 5.74) is 17.9. The van der Waals surface area contributed by atoms with Crippen molar-refractivity contribution < 1.29 is 0 Å². The molecule has 0 amide bonds. The molecule has 3 aliphatic rings. The van der Waals surface area contributed by atoms with Gasteiger partial charge in [-0.1, -0.05) is 157 Å². The van der Waals surface area contributed by atoms with Crippen LogP contribution in [0.5, 0.6) is 0 Å². The third kappa shape index (κ3) is 5.94. The molecule has 5 heterocycles. The number of hydrogen-bond acceptors (Lipinski definition) is 6. The number of fused-ring (bicyclic) bond motifs is 9. The summed E-state index contributed by atoms with van der Waals surface area (Å²) in [6.45, 7) is 0. The second-order valence-electron chi connectivity index (χ2n) is 15.8. The summed E-state index contributed by atoms with van der Waals surface area (Å²) < 4.78 is 0. The van der Waals surface area contributed by atoms with Gasteiger partial charge in [0.1, 0.15) is 6.17 Å². The lowest BCUT2D eigenvalue weighted by molar-refractivity contribution is 0.657. The largest absolute Gasteiger partial charge is 0.360 e. The Morgan fingerprint density at radius 3 is 1.63 bits per heavy atom. The number of nitrogens with zero attached hydrogens (tertiary/aromatic N) is 4. The van der Waals surface area contributed by atoms with Gasteiger partial charge in [0.05, 0.1) is 33.9 Å². The van der Waals surface area contributed by atoms with Gasteiger partial charge in [-0.3, -0.25) is 15.0 Å². The molecule has 0 bridgehead atoms. The predicted molar refractivity (Wildman–Crippen MR) is 251 cm³/mol. The van der Waals surface area contributed by atoms with E-state index >= 15 is 0 Å². The molecule has 1 aliphatic carbocycles. The Bertz CT molecular complexity index is 3130. The van der Waals surface area contributed by atoms with E-state index in [2.05, 4.69) is 169 Å². The standard InChI is InChI=1S/C56H37N5S/c1-3-15-36(16-4-1)49-35-50(37-17-5-2-6-18-37)61-55(60-49)39-26-28-46-54(34-39)62-53-33-38(25-27-45(53)56(46)43-21-9-7-19-41(43)42-20-8-10-22-44(42)56)40-31-51(47-23-11-13-29-57-47)59-52(32-40)48-24-12-14-30-58-48/h1-35,55,60H. The lowest BCUT2D eigenvalue weighted by atomic mass is 9.67. The van der Waals surface area contributed by atoms with Crippen molar-refractivity contribution in [3.8, 4) is 45.0 Å². The molecule has 6 aromatic carbocycles. The Balaban J connectivity index is 1.05. The summed E-state index contributed by atoms with van der Waals surface area (Å²) in [4.78, 5) is 22.3. The van der Waals surface area contributed by atoms with Crippen LogP contribution < -0.4 is 5.32 Å². The highest BCUT2D eigenvalue weighted by Crippen LogP contribution is 2.62. The van der Waals surface area contributed by atoms with Crippen LogP contribution in [-0.4, -0.2) is 20.7 Å². The zero-order valence-corrected chi connectivity index (χ0v) is 34.3. The number of allylic oxidation sites excluding steroid dienone is 1. The van der Waals surface area contributed by atoms with E-state index in [1.165, 1.54) is 43.2 Å². The minimum atomic E-state index is -0.524. The van der Waals surface area contributed by atoms with Gasteiger partial charge in [0, 0.05) is 27.9 Å². The molecule has 0 saturated carbocycles.